The fourth-order valence-corrected chi connectivity index (χ4v) is 2.73. The van der Waals surface area contributed by atoms with Crippen LogP contribution in [0.4, 0.5) is 0 Å². The van der Waals surface area contributed by atoms with Crippen LogP contribution in [0.15, 0.2) is 18.2 Å². The van der Waals surface area contributed by atoms with Crippen molar-refractivity contribution in [1.82, 2.24) is 9.55 Å². The van der Waals surface area contributed by atoms with Crippen molar-refractivity contribution < 1.29 is 0 Å². The van der Waals surface area contributed by atoms with E-state index in [4.69, 9.17) is 11.6 Å². The molecule has 3 rings (SSSR count). The quantitative estimate of drug-likeness (QED) is 0.754. The van der Waals surface area contributed by atoms with Gasteiger partial charge in [-0.1, -0.05) is 12.5 Å². The second-order valence-corrected chi connectivity index (χ2v) is 5.33. The van der Waals surface area contributed by atoms with Crippen molar-refractivity contribution in [1.29, 1.82) is 0 Å². The second kappa shape index (κ2) is 4.34. The molecular weight excluding hydrogens is 232 g/mol. The Balaban J connectivity index is 2.07. The van der Waals surface area contributed by atoms with Crippen molar-refractivity contribution in [3.63, 3.8) is 0 Å². The molecule has 3 heteroatoms. The van der Waals surface area contributed by atoms with Crippen LogP contribution in [0.2, 0.25) is 0 Å². The number of halogens is 1. The molecule has 0 spiro atoms. The fraction of sp³-hybridized carbons (Fsp3) is 0.500. The molecule has 2 nitrogen and oxygen atoms in total. The Labute approximate surface area is 107 Å². The lowest BCUT2D eigenvalue weighted by Gasteiger charge is -2.26. The van der Waals surface area contributed by atoms with Crippen LogP contribution in [0.3, 0.4) is 0 Å². The first-order valence-corrected chi connectivity index (χ1v) is 6.83. The van der Waals surface area contributed by atoms with Crippen molar-refractivity contribution in [2.75, 3.05) is 0 Å². The van der Waals surface area contributed by atoms with E-state index in [0.29, 0.717) is 5.88 Å². The van der Waals surface area contributed by atoms with Crippen molar-refractivity contribution >= 4 is 22.6 Å². The van der Waals surface area contributed by atoms with Gasteiger partial charge in [-0.25, -0.2) is 4.98 Å². The molecule has 1 fully saturated rings. The van der Waals surface area contributed by atoms with Gasteiger partial charge in [-0.3, -0.25) is 0 Å². The van der Waals surface area contributed by atoms with E-state index in [2.05, 4.69) is 34.7 Å². The molecule has 1 saturated carbocycles. The zero-order chi connectivity index (χ0) is 11.8. The third-order valence-corrected chi connectivity index (χ3v) is 4.01. The van der Waals surface area contributed by atoms with Crippen molar-refractivity contribution in [2.24, 2.45) is 5.92 Å². The summed E-state index contributed by atoms with van der Waals surface area (Å²) >= 11 is 6.00. The Hall–Kier alpha value is -1.02. The minimum atomic E-state index is 0.500. The van der Waals surface area contributed by atoms with Crippen LogP contribution in [0, 0.1) is 12.8 Å². The molecule has 0 aliphatic heterocycles. The highest BCUT2D eigenvalue weighted by atomic mass is 35.5. The van der Waals surface area contributed by atoms with Gasteiger partial charge in [0.25, 0.3) is 0 Å². The molecule has 1 aliphatic rings. The fourth-order valence-electron chi connectivity index (χ4n) is 2.52. The average molecular weight is 249 g/mol. The van der Waals surface area contributed by atoms with Crippen molar-refractivity contribution in [3.8, 4) is 0 Å². The Morgan fingerprint density at radius 3 is 2.88 bits per heavy atom. The first-order chi connectivity index (χ1) is 8.28. The predicted molar refractivity (Wildman–Crippen MR) is 71.4 cm³/mol. The van der Waals surface area contributed by atoms with Crippen LogP contribution in [-0.4, -0.2) is 9.55 Å². The van der Waals surface area contributed by atoms with Gasteiger partial charge in [0, 0.05) is 6.54 Å². The number of alkyl halides is 1. The van der Waals surface area contributed by atoms with Crippen LogP contribution in [-0.2, 0) is 12.4 Å². The highest BCUT2D eigenvalue weighted by Gasteiger charge is 2.20. The minimum Gasteiger partial charge on any atom is -0.327 e. The SMILES string of the molecule is Cc1ccc2nc(CCl)n(CC3CCC3)c2c1. The predicted octanol–water partition coefficient (Wildman–Crippen LogP) is 3.88. The molecule has 1 heterocycles. The van der Waals surface area contributed by atoms with Crippen LogP contribution in [0.25, 0.3) is 11.0 Å². The number of hydrogen-bond acceptors (Lipinski definition) is 1. The topological polar surface area (TPSA) is 17.8 Å². The van der Waals surface area contributed by atoms with Gasteiger partial charge in [0.2, 0.25) is 0 Å². The van der Waals surface area contributed by atoms with E-state index in [1.807, 2.05) is 0 Å². The van der Waals surface area contributed by atoms with Crippen LogP contribution < -0.4 is 0 Å². The maximum atomic E-state index is 6.00. The van der Waals surface area contributed by atoms with Crippen molar-refractivity contribution in [3.05, 3.63) is 29.6 Å². The summed E-state index contributed by atoms with van der Waals surface area (Å²) in [6.07, 6.45) is 4.09. The molecule has 2 aromatic rings. The number of nitrogens with zero attached hydrogens (tertiary/aromatic N) is 2. The third-order valence-electron chi connectivity index (χ3n) is 3.77. The maximum absolute atomic E-state index is 6.00. The third kappa shape index (κ3) is 1.95. The Bertz CT molecular complexity index is 540. The summed E-state index contributed by atoms with van der Waals surface area (Å²) < 4.78 is 2.32. The molecule has 1 aromatic heterocycles. The zero-order valence-electron chi connectivity index (χ0n) is 10.1. The smallest absolute Gasteiger partial charge is 0.124 e. The number of aromatic nitrogens is 2. The lowest BCUT2D eigenvalue weighted by Crippen LogP contribution is -2.19. The average Bonchev–Trinajstić information content (AvgIpc) is 2.61. The van der Waals surface area contributed by atoms with Crippen LogP contribution in [0.5, 0.6) is 0 Å². The van der Waals surface area contributed by atoms with Gasteiger partial charge in [-0.2, -0.15) is 0 Å². The Morgan fingerprint density at radius 1 is 1.41 bits per heavy atom. The molecule has 1 aromatic carbocycles. The number of fused-ring (bicyclic) bond motifs is 1. The summed E-state index contributed by atoms with van der Waals surface area (Å²) in [5.74, 6) is 2.34. The minimum absolute atomic E-state index is 0.500. The number of imidazole rings is 1. The number of benzene rings is 1. The first-order valence-electron chi connectivity index (χ1n) is 6.29. The molecule has 0 bridgehead atoms. The maximum Gasteiger partial charge on any atom is 0.124 e. The zero-order valence-corrected chi connectivity index (χ0v) is 10.9. The molecule has 17 heavy (non-hydrogen) atoms. The van der Waals surface area contributed by atoms with Crippen molar-refractivity contribution in [2.45, 2.75) is 38.6 Å². The summed E-state index contributed by atoms with van der Waals surface area (Å²) in [6, 6.07) is 6.43. The first kappa shape index (κ1) is 11.1. The van der Waals surface area contributed by atoms with Gasteiger partial charge < -0.3 is 4.57 Å². The number of rotatable bonds is 3. The van der Waals surface area contributed by atoms with Gasteiger partial charge in [0.15, 0.2) is 0 Å². The van der Waals surface area contributed by atoms with E-state index < -0.39 is 0 Å². The molecule has 0 radical (unpaired) electrons. The molecular formula is C14H17ClN2. The van der Waals surface area contributed by atoms with Gasteiger partial charge in [-0.15, -0.1) is 11.6 Å². The van der Waals surface area contributed by atoms with E-state index in [0.717, 1.165) is 23.8 Å². The van der Waals surface area contributed by atoms with Gasteiger partial charge in [0.1, 0.15) is 5.82 Å². The van der Waals surface area contributed by atoms with Crippen LogP contribution in [0.1, 0.15) is 30.7 Å². The highest BCUT2D eigenvalue weighted by molar-refractivity contribution is 6.16. The Morgan fingerprint density at radius 2 is 2.24 bits per heavy atom. The second-order valence-electron chi connectivity index (χ2n) is 5.06. The monoisotopic (exact) mass is 248 g/mol. The normalized spacial score (nSPS) is 16.4. The lowest BCUT2D eigenvalue weighted by molar-refractivity contribution is 0.277. The van der Waals surface area contributed by atoms with Crippen LogP contribution >= 0.6 is 11.6 Å². The Kier molecular flexibility index (Phi) is 2.83. The molecule has 0 saturated heterocycles. The molecule has 0 atom stereocenters. The molecule has 90 valence electrons. The summed E-state index contributed by atoms with van der Waals surface area (Å²) in [6.45, 7) is 3.21. The number of hydrogen-bond donors (Lipinski definition) is 0. The summed E-state index contributed by atoms with van der Waals surface area (Å²) in [4.78, 5) is 4.61. The number of aryl methyl sites for hydroxylation is 1. The largest absolute Gasteiger partial charge is 0.327 e. The summed E-state index contributed by atoms with van der Waals surface area (Å²) in [5.41, 5.74) is 3.60. The lowest BCUT2D eigenvalue weighted by atomic mass is 9.85. The molecule has 0 amide bonds. The highest BCUT2D eigenvalue weighted by Crippen LogP contribution is 2.30. The van der Waals surface area contributed by atoms with Gasteiger partial charge in [0.05, 0.1) is 16.9 Å². The van der Waals surface area contributed by atoms with E-state index in [1.54, 1.807) is 0 Å². The van der Waals surface area contributed by atoms with E-state index >= 15 is 0 Å². The van der Waals surface area contributed by atoms with Gasteiger partial charge >= 0.3 is 0 Å². The summed E-state index contributed by atoms with van der Waals surface area (Å²) in [7, 11) is 0. The summed E-state index contributed by atoms with van der Waals surface area (Å²) in [5, 5.41) is 0. The molecule has 0 N–H and O–H groups in total. The van der Waals surface area contributed by atoms with E-state index in [9.17, 15) is 0 Å². The van der Waals surface area contributed by atoms with E-state index in [1.165, 1.54) is 30.3 Å². The molecule has 1 aliphatic carbocycles. The molecule has 0 unspecified atom stereocenters. The van der Waals surface area contributed by atoms with E-state index in [-0.39, 0.29) is 0 Å². The van der Waals surface area contributed by atoms with Gasteiger partial charge in [-0.05, 0) is 43.4 Å². The standard InChI is InChI=1S/C14H17ClN2/c1-10-5-6-12-13(7-10)17(14(8-15)16-12)9-11-3-2-4-11/h5-7,11H,2-4,8-9H2,1H3.